The third kappa shape index (κ3) is 2.94. The second kappa shape index (κ2) is 5.87. The van der Waals surface area contributed by atoms with E-state index in [-0.39, 0.29) is 11.9 Å². The number of halogens is 1. The van der Waals surface area contributed by atoms with Gasteiger partial charge in [-0.05, 0) is 31.0 Å². The maximum Gasteiger partial charge on any atom is 0.274 e. The zero-order chi connectivity index (χ0) is 14.8. The molecule has 1 aromatic heterocycles. The zero-order valence-corrected chi connectivity index (χ0v) is 12.3. The average molecular weight is 305 g/mol. The van der Waals surface area contributed by atoms with Crippen LogP contribution in [0.25, 0.3) is 5.69 Å². The van der Waals surface area contributed by atoms with E-state index in [9.17, 15) is 4.79 Å². The molecule has 0 unspecified atom stereocenters. The highest BCUT2D eigenvalue weighted by Crippen LogP contribution is 2.19. The van der Waals surface area contributed by atoms with Gasteiger partial charge in [0.25, 0.3) is 5.91 Å². The summed E-state index contributed by atoms with van der Waals surface area (Å²) < 4.78 is 1.63. The Morgan fingerprint density at radius 2 is 1.95 bits per heavy atom. The van der Waals surface area contributed by atoms with Crippen LogP contribution in [-0.2, 0) is 0 Å². The Labute approximate surface area is 128 Å². The number of piperidine rings is 1. The van der Waals surface area contributed by atoms with Crippen molar-refractivity contribution >= 4 is 17.5 Å². The molecule has 0 bridgehead atoms. The molecule has 2 heterocycles. The lowest BCUT2D eigenvalue weighted by Crippen LogP contribution is -2.43. The molecular formula is C15H17ClN4O. The van der Waals surface area contributed by atoms with E-state index in [4.69, 9.17) is 17.3 Å². The van der Waals surface area contributed by atoms with E-state index in [0.29, 0.717) is 23.8 Å². The van der Waals surface area contributed by atoms with E-state index in [0.717, 1.165) is 18.5 Å². The summed E-state index contributed by atoms with van der Waals surface area (Å²) in [5, 5.41) is 4.95. The summed E-state index contributed by atoms with van der Waals surface area (Å²) in [5.41, 5.74) is 7.06. The van der Waals surface area contributed by atoms with Gasteiger partial charge in [0, 0.05) is 25.3 Å². The van der Waals surface area contributed by atoms with Gasteiger partial charge in [-0.25, -0.2) is 4.68 Å². The molecule has 5 nitrogen and oxygen atoms in total. The minimum Gasteiger partial charge on any atom is -0.337 e. The van der Waals surface area contributed by atoms with Crippen molar-refractivity contribution in [3.8, 4) is 5.69 Å². The molecule has 2 aromatic rings. The molecular weight excluding hydrogens is 288 g/mol. The number of rotatable bonds is 2. The number of benzene rings is 1. The smallest absolute Gasteiger partial charge is 0.274 e. The number of aromatic nitrogens is 2. The highest BCUT2D eigenvalue weighted by molar-refractivity contribution is 6.32. The minimum atomic E-state index is -0.0484. The van der Waals surface area contributed by atoms with Gasteiger partial charge in [-0.3, -0.25) is 4.79 Å². The van der Waals surface area contributed by atoms with Gasteiger partial charge in [0.2, 0.25) is 0 Å². The van der Waals surface area contributed by atoms with Gasteiger partial charge in [0.1, 0.15) is 0 Å². The first-order valence-electron chi connectivity index (χ1n) is 7.00. The maximum atomic E-state index is 12.4. The molecule has 0 atom stereocenters. The number of carbonyl (C=O) groups is 1. The Balaban J connectivity index is 1.79. The van der Waals surface area contributed by atoms with Crippen molar-refractivity contribution < 1.29 is 4.79 Å². The predicted molar refractivity (Wildman–Crippen MR) is 81.7 cm³/mol. The van der Waals surface area contributed by atoms with Crippen molar-refractivity contribution in [3.63, 3.8) is 0 Å². The molecule has 0 saturated carbocycles. The minimum absolute atomic E-state index is 0.0484. The maximum absolute atomic E-state index is 12.4. The van der Waals surface area contributed by atoms with Crippen molar-refractivity contribution in [3.05, 3.63) is 47.2 Å². The van der Waals surface area contributed by atoms with Crippen molar-refractivity contribution in [2.45, 2.75) is 18.9 Å². The molecule has 2 N–H and O–H groups in total. The molecule has 1 aliphatic rings. The zero-order valence-electron chi connectivity index (χ0n) is 11.6. The lowest BCUT2D eigenvalue weighted by Gasteiger charge is -2.29. The molecule has 1 amide bonds. The van der Waals surface area contributed by atoms with Crippen LogP contribution in [0.3, 0.4) is 0 Å². The normalized spacial score (nSPS) is 16.2. The van der Waals surface area contributed by atoms with Crippen molar-refractivity contribution in [1.29, 1.82) is 0 Å². The fourth-order valence-electron chi connectivity index (χ4n) is 2.47. The number of hydrogen-bond donors (Lipinski definition) is 1. The van der Waals surface area contributed by atoms with Crippen molar-refractivity contribution in [2.24, 2.45) is 5.73 Å². The molecule has 1 aliphatic heterocycles. The Bertz CT molecular complexity index is 647. The van der Waals surface area contributed by atoms with Crippen molar-refractivity contribution in [1.82, 2.24) is 14.7 Å². The summed E-state index contributed by atoms with van der Waals surface area (Å²) in [6.07, 6.45) is 3.44. The van der Waals surface area contributed by atoms with Crippen LogP contribution in [0.5, 0.6) is 0 Å². The standard InChI is InChI=1S/C15H17ClN4O/c16-12-3-1-2-4-14(12)20-10-7-13(18-20)15(21)19-8-5-11(17)6-9-19/h1-4,7,10-11H,5-6,8-9,17H2. The van der Waals surface area contributed by atoms with Gasteiger partial charge in [0.05, 0.1) is 10.7 Å². The van der Waals surface area contributed by atoms with E-state index in [1.54, 1.807) is 23.0 Å². The number of nitrogens with two attached hydrogens (primary N) is 1. The summed E-state index contributed by atoms with van der Waals surface area (Å²) in [7, 11) is 0. The van der Waals surface area contributed by atoms with Gasteiger partial charge < -0.3 is 10.6 Å². The molecule has 6 heteroatoms. The Kier molecular flexibility index (Phi) is 3.94. The summed E-state index contributed by atoms with van der Waals surface area (Å²) in [6.45, 7) is 1.39. The number of hydrogen-bond acceptors (Lipinski definition) is 3. The molecule has 1 fully saturated rings. The van der Waals surface area contributed by atoms with Gasteiger partial charge in [0.15, 0.2) is 5.69 Å². The van der Waals surface area contributed by atoms with E-state index < -0.39 is 0 Å². The SMILES string of the molecule is NC1CCN(C(=O)c2ccn(-c3ccccc3Cl)n2)CC1. The summed E-state index contributed by atoms with van der Waals surface area (Å²) in [5.74, 6) is -0.0484. The van der Waals surface area contributed by atoms with E-state index in [2.05, 4.69) is 5.10 Å². The summed E-state index contributed by atoms with van der Waals surface area (Å²) in [6, 6.07) is 9.33. The largest absolute Gasteiger partial charge is 0.337 e. The van der Waals surface area contributed by atoms with Gasteiger partial charge in [-0.1, -0.05) is 23.7 Å². The first-order chi connectivity index (χ1) is 10.1. The Hall–Kier alpha value is -1.85. The quantitative estimate of drug-likeness (QED) is 0.924. The first-order valence-corrected chi connectivity index (χ1v) is 7.38. The highest BCUT2D eigenvalue weighted by atomic mass is 35.5. The van der Waals surface area contributed by atoms with Crippen LogP contribution >= 0.6 is 11.6 Å². The van der Waals surface area contributed by atoms with Crippen LogP contribution in [-0.4, -0.2) is 39.7 Å². The van der Waals surface area contributed by atoms with Crippen LogP contribution in [0.2, 0.25) is 5.02 Å². The summed E-state index contributed by atoms with van der Waals surface area (Å²) >= 11 is 6.14. The van der Waals surface area contributed by atoms with Crippen LogP contribution in [0.4, 0.5) is 0 Å². The molecule has 0 spiro atoms. The van der Waals surface area contributed by atoms with E-state index in [1.165, 1.54) is 0 Å². The highest BCUT2D eigenvalue weighted by Gasteiger charge is 2.23. The lowest BCUT2D eigenvalue weighted by atomic mass is 10.1. The van der Waals surface area contributed by atoms with Gasteiger partial charge >= 0.3 is 0 Å². The third-order valence-corrected chi connectivity index (χ3v) is 4.05. The topological polar surface area (TPSA) is 64.2 Å². The average Bonchev–Trinajstić information content (AvgIpc) is 2.97. The molecule has 1 aromatic carbocycles. The van der Waals surface area contributed by atoms with Gasteiger partial charge in [-0.2, -0.15) is 5.10 Å². The number of likely N-dealkylation sites (tertiary alicyclic amines) is 1. The van der Waals surface area contributed by atoms with Crippen LogP contribution < -0.4 is 5.73 Å². The monoisotopic (exact) mass is 304 g/mol. The molecule has 0 radical (unpaired) electrons. The van der Waals surface area contributed by atoms with Crippen molar-refractivity contribution in [2.75, 3.05) is 13.1 Å². The molecule has 3 rings (SSSR count). The van der Waals surface area contributed by atoms with Gasteiger partial charge in [-0.15, -0.1) is 0 Å². The second-order valence-electron chi connectivity index (χ2n) is 5.23. The number of para-hydroxylation sites is 1. The summed E-state index contributed by atoms with van der Waals surface area (Å²) in [4.78, 5) is 14.2. The Morgan fingerprint density at radius 1 is 1.24 bits per heavy atom. The first kappa shape index (κ1) is 14.1. The van der Waals surface area contributed by atoms with Crippen LogP contribution in [0.15, 0.2) is 36.5 Å². The number of carbonyl (C=O) groups excluding carboxylic acids is 1. The fourth-order valence-corrected chi connectivity index (χ4v) is 2.70. The number of amides is 1. The fraction of sp³-hybridized carbons (Fsp3) is 0.333. The number of nitrogens with zero attached hydrogens (tertiary/aromatic N) is 3. The van der Waals surface area contributed by atoms with E-state index in [1.807, 2.05) is 23.1 Å². The van der Waals surface area contributed by atoms with Crippen LogP contribution in [0, 0.1) is 0 Å². The second-order valence-corrected chi connectivity index (χ2v) is 5.63. The molecule has 0 aliphatic carbocycles. The third-order valence-electron chi connectivity index (χ3n) is 3.73. The van der Waals surface area contributed by atoms with E-state index >= 15 is 0 Å². The Morgan fingerprint density at radius 3 is 2.67 bits per heavy atom. The molecule has 110 valence electrons. The molecule has 21 heavy (non-hydrogen) atoms. The predicted octanol–water partition coefficient (Wildman–Crippen LogP) is 2.09. The molecule has 1 saturated heterocycles. The van der Waals surface area contributed by atoms with Crippen LogP contribution in [0.1, 0.15) is 23.3 Å². The lowest BCUT2D eigenvalue weighted by molar-refractivity contribution is 0.0708.